The van der Waals surface area contributed by atoms with Gasteiger partial charge in [0, 0.05) is 50.4 Å². The first-order valence-electron chi connectivity index (χ1n) is 8.95. The van der Waals surface area contributed by atoms with Crippen molar-refractivity contribution in [1.29, 1.82) is 0 Å². The number of ether oxygens (including phenoxy) is 1. The first kappa shape index (κ1) is 17.1. The molecule has 24 heavy (non-hydrogen) atoms. The summed E-state index contributed by atoms with van der Waals surface area (Å²) in [5, 5.41) is 0. The van der Waals surface area contributed by atoms with Crippen LogP contribution in [0.3, 0.4) is 0 Å². The summed E-state index contributed by atoms with van der Waals surface area (Å²) in [7, 11) is 0. The summed E-state index contributed by atoms with van der Waals surface area (Å²) >= 11 is 0. The predicted octanol–water partition coefficient (Wildman–Crippen LogP) is 1.97. The highest BCUT2D eigenvalue weighted by atomic mass is 16.5. The van der Waals surface area contributed by atoms with E-state index in [1.807, 2.05) is 11.0 Å². The van der Waals surface area contributed by atoms with Crippen molar-refractivity contribution < 1.29 is 9.53 Å². The molecule has 0 aliphatic carbocycles. The lowest BCUT2D eigenvalue weighted by Gasteiger charge is -2.42. The maximum atomic E-state index is 12.3. The molecule has 3 heterocycles. The Bertz CT molecular complexity index is 541. The topological polar surface area (TPSA) is 58.6 Å². The number of nitrogens with zero attached hydrogens (tertiary/aromatic N) is 4. The SMILES string of the molecule is CC(C)CC(=O)N1CCC2(CC1)COCCN(c1ncccn1)C2. The van der Waals surface area contributed by atoms with Gasteiger partial charge in [0.1, 0.15) is 0 Å². The summed E-state index contributed by atoms with van der Waals surface area (Å²) in [5.41, 5.74) is 0.102. The Labute approximate surface area is 144 Å². The molecule has 2 aliphatic heterocycles. The lowest BCUT2D eigenvalue weighted by molar-refractivity contribution is -0.134. The summed E-state index contributed by atoms with van der Waals surface area (Å²) in [6.45, 7) is 9.06. The Hall–Kier alpha value is -1.69. The number of piperidine rings is 1. The molecule has 2 saturated heterocycles. The Morgan fingerprint density at radius 1 is 1.25 bits per heavy atom. The highest BCUT2D eigenvalue weighted by molar-refractivity contribution is 5.76. The van der Waals surface area contributed by atoms with Crippen molar-refractivity contribution in [3.05, 3.63) is 18.5 Å². The number of rotatable bonds is 3. The molecule has 0 aromatic carbocycles. The van der Waals surface area contributed by atoms with Gasteiger partial charge in [-0.15, -0.1) is 0 Å². The Morgan fingerprint density at radius 3 is 2.62 bits per heavy atom. The molecule has 1 aromatic rings. The zero-order valence-electron chi connectivity index (χ0n) is 14.8. The maximum absolute atomic E-state index is 12.3. The molecule has 6 nitrogen and oxygen atoms in total. The fourth-order valence-corrected chi connectivity index (χ4v) is 3.63. The molecule has 3 rings (SSSR count). The van der Waals surface area contributed by atoms with E-state index in [2.05, 4.69) is 28.7 Å². The monoisotopic (exact) mass is 332 g/mol. The quantitative estimate of drug-likeness (QED) is 0.847. The van der Waals surface area contributed by atoms with Gasteiger partial charge in [0.05, 0.1) is 13.2 Å². The van der Waals surface area contributed by atoms with Gasteiger partial charge in [0.15, 0.2) is 0 Å². The minimum atomic E-state index is 0.102. The van der Waals surface area contributed by atoms with Gasteiger partial charge in [0.2, 0.25) is 11.9 Å². The van der Waals surface area contributed by atoms with Crippen molar-refractivity contribution in [2.45, 2.75) is 33.1 Å². The van der Waals surface area contributed by atoms with Crippen LogP contribution in [0.2, 0.25) is 0 Å². The summed E-state index contributed by atoms with van der Waals surface area (Å²) in [6, 6.07) is 1.84. The molecular weight excluding hydrogens is 304 g/mol. The van der Waals surface area contributed by atoms with Crippen LogP contribution in [0.15, 0.2) is 18.5 Å². The second kappa shape index (κ2) is 7.47. The molecule has 6 heteroatoms. The third-order valence-corrected chi connectivity index (χ3v) is 5.03. The lowest BCUT2D eigenvalue weighted by atomic mass is 9.78. The van der Waals surface area contributed by atoms with Crippen LogP contribution in [0.4, 0.5) is 5.95 Å². The first-order chi connectivity index (χ1) is 11.6. The van der Waals surface area contributed by atoms with Crippen molar-refractivity contribution in [3.63, 3.8) is 0 Å². The van der Waals surface area contributed by atoms with Crippen LogP contribution in [0.25, 0.3) is 0 Å². The van der Waals surface area contributed by atoms with E-state index in [4.69, 9.17) is 4.74 Å². The molecule has 0 bridgehead atoms. The number of carbonyl (C=O) groups excluding carboxylic acids is 1. The van der Waals surface area contributed by atoms with Crippen LogP contribution in [-0.4, -0.2) is 60.2 Å². The molecule has 1 amide bonds. The molecule has 2 fully saturated rings. The Morgan fingerprint density at radius 2 is 1.96 bits per heavy atom. The van der Waals surface area contributed by atoms with Crippen molar-refractivity contribution in [3.8, 4) is 0 Å². The molecule has 0 unspecified atom stereocenters. The van der Waals surface area contributed by atoms with Gasteiger partial charge in [0.25, 0.3) is 0 Å². The zero-order chi connectivity index (χ0) is 17.0. The summed E-state index contributed by atoms with van der Waals surface area (Å²) in [5.74, 6) is 1.48. The van der Waals surface area contributed by atoms with E-state index < -0.39 is 0 Å². The molecule has 0 atom stereocenters. The van der Waals surface area contributed by atoms with Gasteiger partial charge in [-0.25, -0.2) is 9.97 Å². The van der Waals surface area contributed by atoms with Crippen LogP contribution in [0, 0.1) is 11.3 Å². The lowest BCUT2D eigenvalue weighted by Crippen LogP contribution is -2.49. The normalized spacial score (nSPS) is 21.1. The molecule has 1 aromatic heterocycles. The molecule has 0 N–H and O–H groups in total. The van der Waals surface area contributed by atoms with Crippen molar-refractivity contribution in [2.75, 3.05) is 44.3 Å². The number of aromatic nitrogens is 2. The van der Waals surface area contributed by atoms with Crippen LogP contribution in [-0.2, 0) is 9.53 Å². The average Bonchev–Trinajstić information content (AvgIpc) is 2.78. The smallest absolute Gasteiger partial charge is 0.225 e. The average molecular weight is 332 g/mol. The molecule has 2 aliphatic rings. The fourth-order valence-electron chi connectivity index (χ4n) is 3.63. The number of anilines is 1. The van der Waals surface area contributed by atoms with Gasteiger partial charge in [-0.2, -0.15) is 0 Å². The zero-order valence-corrected chi connectivity index (χ0v) is 14.8. The Balaban J connectivity index is 1.64. The maximum Gasteiger partial charge on any atom is 0.225 e. The second-order valence-electron chi connectivity index (χ2n) is 7.50. The number of carbonyl (C=O) groups is 1. The van der Waals surface area contributed by atoms with Gasteiger partial charge < -0.3 is 14.5 Å². The number of amides is 1. The van der Waals surface area contributed by atoms with E-state index in [1.54, 1.807) is 12.4 Å². The summed E-state index contributed by atoms with van der Waals surface area (Å²) in [6.07, 6.45) is 6.19. The molecule has 1 spiro atoms. The minimum absolute atomic E-state index is 0.102. The van der Waals surface area contributed by atoms with Gasteiger partial charge in [-0.1, -0.05) is 13.8 Å². The minimum Gasteiger partial charge on any atom is -0.379 e. The van der Waals surface area contributed by atoms with Gasteiger partial charge in [-0.3, -0.25) is 4.79 Å². The standard InChI is InChI=1S/C18H28N4O2/c1-15(2)12-16(23)21-8-4-18(5-9-21)13-22(10-11-24-14-18)17-19-6-3-7-20-17/h3,6-7,15H,4-5,8-14H2,1-2H3. The van der Waals surface area contributed by atoms with Crippen LogP contribution >= 0.6 is 0 Å². The predicted molar refractivity (Wildman–Crippen MR) is 92.8 cm³/mol. The van der Waals surface area contributed by atoms with Gasteiger partial charge in [-0.05, 0) is 24.8 Å². The van der Waals surface area contributed by atoms with E-state index in [0.29, 0.717) is 18.9 Å². The molecular formula is C18H28N4O2. The molecule has 0 saturated carbocycles. The highest BCUT2D eigenvalue weighted by Crippen LogP contribution is 2.35. The van der Waals surface area contributed by atoms with E-state index in [0.717, 1.165) is 51.6 Å². The Kier molecular flexibility index (Phi) is 5.33. The van der Waals surface area contributed by atoms with E-state index >= 15 is 0 Å². The van der Waals surface area contributed by atoms with Crippen molar-refractivity contribution in [2.24, 2.45) is 11.3 Å². The van der Waals surface area contributed by atoms with Gasteiger partial charge >= 0.3 is 0 Å². The third kappa shape index (κ3) is 4.04. The van der Waals surface area contributed by atoms with E-state index in [9.17, 15) is 4.79 Å². The van der Waals surface area contributed by atoms with Crippen LogP contribution in [0.5, 0.6) is 0 Å². The largest absolute Gasteiger partial charge is 0.379 e. The summed E-state index contributed by atoms with van der Waals surface area (Å²) in [4.78, 5) is 25.3. The van der Waals surface area contributed by atoms with Crippen molar-refractivity contribution in [1.82, 2.24) is 14.9 Å². The van der Waals surface area contributed by atoms with E-state index in [1.165, 1.54) is 0 Å². The number of likely N-dealkylation sites (tertiary alicyclic amines) is 1. The third-order valence-electron chi connectivity index (χ3n) is 5.03. The second-order valence-corrected chi connectivity index (χ2v) is 7.50. The van der Waals surface area contributed by atoms with Crippen LogP contribution in [0.1, 0.15) is 33.1 Å². The number of hydrogen-bond acceptors (Lipinski definition) is 5. The first-order valence-corrected chi connectivity index (χ1v) is 8.95. The van der Waals surface area contributed by atoms with Crippen molar-refractivity contribution >= 4 is 11.9 Å². The number of hydrogen-bond donors (Lipinski definition) is 0. The summed E-state index contributed by atoms with van der Waals surface area (Å²) < 4.78 is 5.90. The highest BCUT2D eigenvalue weighted by Gasteiger charge is 2.39. The molecule has 0 radical (unpaired) electrons. The van der Waals surface area contributed by atoms with Crippen LogP contribution < -0.4 is 4.90 Å². The fraction of sp³-hybridized carbons (Fsp3) is 0.722. The molecule has 132 valence electrons. The van der Waals surface area contributed by atoms with E-state index in [-0.39, 0.29) is 11.3 Å².